The van der Waals surface area contributed by atoms with E-state index in [4.69, 9.17) is 18.0 Å². The average Bonchev–Trinajstić information content (AvgIpc) is 2.81. The molecule has 10 nitrogen and oxygen atoms in total. The number of carbonyl (C=O) groups is 5. The first-order valence-electron chi connectivity index (χ1n) is 11.7. The van der Waals surface area contributed by atoms with E-state index in [2.05, 4.69) is 33.5 Å². The molecular weight excluding hydrogens is 490 g/mol. The minimum absolute atomic E-state index is 0.0659. The summed E-state index contributed by atoms with van der Waals surface area (Å²) in [5.74, 6) is -2.78. The number of aldehydes is 1. The summed E-state index contributed by atoms with van der Waals surface area (Å²) < 4.78 is 0. The number of hydrogen-bond donors (Lipinski definition) is 5. The average molecular weight is 530 g/mol. The Morgan fingerprint density at radius 2 is 1.43 bits per heavy atom. The van der Waals surface area contributed by atoms with Crippen LogP contribution in [0.15, 0.2) is 0 Å². The number of hydrogen-bond acceptors (Lipinski definition) is 8. The highest BCUT2D eigenvalue weighted by atomic mass is 32.1. The van der Waals surface area contributed by atoms with E-state index < -0.39 is 53.8 Å². The molecule has 0 aromatic rings. The van der Waals surface area contributed by atoms with Crippen molar-refractivity contribution in [3.05, 3.63) is 0 Å². The molecule has 6 atom stereocenters. The van der Waals surface area contributed by atoms with Crippen LogP contribution in [-0.4, -0.2) is 70.9 Å². The standard InChI is InChI=1S/C23H39N5O5S2/c1-7-14(6)19(28-22(32)18(11-35)27-20(30)15(24)10-34)23(33)25-16(8-12(2)3)21(31)26-17(9-29)13(4)5/h9-19H,7-8,24H2,1-6H3,(H,25,33)(H,26,31)(H,27,30)(H,28,32)/t14-,15+,16+,17+,18+,19-/m0/s1. The summed E-state index contributed by atoms with van der Waals surface area (Å²) in [5, 5.41) is 12.5. The van der Waals surface area contributed by atoms with Crippen LogP contribution in [0, 0.1) is 17.8 Å². The summed E-state index contributed by atoms with van der Waals surface area (Å²) in [6.07, 6.45) is 1.54. The molecule has 0 aliphatic carbocycles. The lowest BCUT2D eigenvalue weighted by Gasteiger charge is -2.29. The van der Waals surface area contributed by atoms with Crippen LogP contribution in [0.1, 0.15) is 54.4 Å². The molecule has 0 bridgehead atoms. The van der Waals surface area contributed by atoms with Gasteiger partial charge in [-0.05, 0) is 24.2 Å². The highest BCUT2D eigenvalue weighted by Gasteiger charge is 2.33. The van der Waals surface area contributed by atoms with E-state index in [0.717, 1.165) is 10.7 Å². The lowest BCUT2D eigenvalue weighted by atomic mass is 9.96. The predicted molar refractivity (Wildman–Crippen MR) is 143 cm³/mol. The van der Waals surface area contributed by atoms with E-state index in [-0.39, 0.29) is 17.8 Å². The fraction of sp³-hybridized carbons (Fsp3) is 0.696. The van der Waals surface area contributed by atoms with Gasteiger partial charge in [0.2, 0.25) is 23.6 Å². The van der Waals surface area contributed by atoms with Crippen LogP contribution < -0.4 is 27.0 Å². The van der Waals surface area contributed by atoms with Crippen LogP contribution in [0.5, 0.6) is 0 Å². The van der Waals surface area contributed by atoms with Gasteiger partial charge in [0.15, 0.2) is 0 Å². The zero-order chi connectivity index (χ0) is 27.3. The van der Waals surface area contributed by atoms with Gasteiger partial charge in [-0.2, -0.15) is 0 Å². The second kappa shape index (κ2) is 16.4. The maximum Gasteiger partial charge on any atom is 0.248 e. The van der Waals surface area contributed by atoms with Crippen molar-refractivity contribution >= 4 is 65.1 Å². The first kappa shape index (κ1) is 32.7. The lowest BCUT2D eigenvalue weighted by molar-refractivity contribution is -0.134. The van der Waals surface area contributed by atoms with Gasteiger partial charge in [-0.15, -0.1) is 0 Å². The summed E-state index contributed by atoms with van der Waals surface area (Å²) in [6, 6.07) is -4.92. The number of thiocarbonyl (C=S) groups is 2. The van der Waals surface area contributed by atoms with Gasteiger partial charge < -0.3 is 31.8 Å². The Balaban J connectivity index is 5.66. The second-order valence-corrected chi connectivity index (χ2v) is 9.81. The molecule has 6 N–H and O–H groups in total. The van der Waals surface area contributed by atoms with Crippen LogP contribution in [0.25, 0.3) is 0 Å². The third kappa shape index (κ3) is 11.3. The first-order valence-corrected chi connectivity index (χ1v) is 12.6. The summed E-state index contributed by atoms with van der Waals surface area (Å²) in [6.45, 7) is 11.0. The lowest BCUT2D eigenvalue weighted by Crippen LogP contribution is -2.60. The molecule has 0 saturated heterocycles. The number of rotatable bonds is 16. The molecule has 35 heavy (non-hydrogen) atoms. The molecule has 0 aromatic carbocycles. The van der Waals surface area contributed by atoms with Crippen LogP contribution in [0.3, 0.4) is 0 Å². The van der Waals surface area contributed by atoms with Crippen LogP contribution >= 0.6 is 24.4 Å². The summed E-state index contributed by atoms with van der Waals surface area (Å²) in [5.41, 5.74) is 5.55. The maximum absolute atomic E-state index is 13.2. The van der Waals surface area contributed by atoms with Gasteiger partial charge in [-0.3, -0.25) is 19.2 Å². The van der Waals surface area contributed by atoms with E-state index in [1.165, 1.54) is 0 Å². The Morgan fingerprint density at radius 3 is 1.86 bits per heavy atom. The molecule has 0 spiro atoms. The zero-order valence-electron chi connectivity index (χ0n) is 21.2. The fourth-order valence-corrected chi connectivity index (χ4v) is 3.32. The molecule has 0 aliphatic rings. The largest absolute Gasteiger partial charge is 0.345 e. The molecule has 0 rings (SSSR count). The molecule has 4 amide bonds. The Labute approximate surface area is 218 Å². The van der Waals surface area contributed by atoms with Gasteiger partial charge in [0.25, 0.3) is 0 Å². The fourth-order valence-electron chi connectivity index (χ4n) is 3.00. The van der Waals surface area contributed by atoms with Crippen molar-refractivity contribution in [2.24, 2.45) is 23.5 Å². The molecule has 12 heteroatoms. The first-order chi connectivity index (χ1) is 16.3. The Kier molecular flexibility index (Phi) is 15.3. The second-order valence-electron chi connectivity index (χ2n) is 9.26. The summed E-state index contributed by atoms with van der Waals surface area (Å²) in [4.78, 5) is 62.2. The highest BCUT2D eigenvalue weighted by molar-refractivity contribution is 7.79. The van der Waals surface area contributed by atoms with Crippen molar-refractivity contribution < 1.29 is 24.0 Å². The van der Waals surface area contributed by atoms with Crippen LogP contribution in [0.2, 0.25) is 0 Å². The smallest absolute Gasteiger partial charge is 0.248 e. The predicted octanol–water partition coefficient (Wildman–Crippen LogP) is 0.199. The van der Waals surface area contributed by atoms with Crippen molar-refractivity contribution in [1.29, 1.82) is 0 Å². The molecule has 0 aromatic heterocycles. The molecular formula is C23H39N5O5S2. The van der Waals surface area contributed by atoms with E-state index >= 15 is 0 Å². The van der Waals surface area contributed by atoms with Crippen LogP contribution in [-0.2, 0) is 24.0 Å². The quantitative estimate of drug-likeness (QED) is 0.140. The molecule has 198 valence electrons. The van der Waals surface area contributed by atoms with E-state index in [0.29, 0.717) is 19.1 Å². The van der Waals surface area contributed by atoms with Crippen molar-refractivity contribution in [2.75, 3.05) is 0 Å². The minimum Gasteiger partial charge on any atom is -0.345 e. The normalized spacial score (nSPS) is 16.1. The Morgan fingerprint density at radius 1 is 0.829 bits per heavy atom. The number of amides is 4. The zero-order valence-corrected chi connectivity index (χ0v) is 22.8. The molecule has 0 saturated carbocycles. The third-order valence-corrected chi connectivity index (χ3v) is 6.04. The SMILES string of the molecule is CC[C@H](C)[C@H](NC(=O)[C@@H](C=S)NC(=O)[C@H](N)C=S)C(=O)N[C@H](CC(C)C)C(=O)N[C@H](C=O)C(C)C. The van der Waals surface area contributed by atoms with E-state index in [1.54, 1.807) is 20.8 Å². The van der Waals surface area contributed by atoms with E-state index in [9.17, 15) is 24.0 Å². The van der Waals surface area contributed by atoms with Gasteiger partial charge in [0.05, 0.1) is 6.04 Å². The van der Waals surface area contributed by atoms with Gasteiger partial charge in [-0.25, -0.2) is 0 Å². The number of carbonyl (C=O) groups excluding carboxylic acids is 5. The van der Waals surface area contributed by atoms with Crippen molar-refractivity contribution in [3.8, 4) is 0 Å². The molecule has 0 aliphatic heterocycles. The van der Waals surface area contributed by atoms with Crippen molar-refractivity contribution in [1.82, 2.24) is 21.3 Å². The number of nitrogens with two attached hydrogens (primary N) is 1. The monoisotopic (exact) mass is 529 g/mol. The topological polar surface area (TPSA) is 159 Å². The molecule has 0 radical (unpaired) electrons. The molecule has 0 unspecified atom stereocenters. The summed E-state index contributed by atoms with van der Waals surface area (Å²) in [7, 11) is 0. The van der Waals surface area contributed by atoms with Crippen molar-refractivity contribution in [3.63, 3.8) is 0 Å². The number of nitrogens with one attached hydrogen (secondary N) is 4. The summed E-state index contributed by atoms with van der Waals surface area (Å²) >= 11 is 9.51. The minimum atomic E-state index is -1.22. The molecule has 0 heterocycles. The third-order valence-electron chi connectivity index (χ3n) is 5.47. The van der Waals surface area contributed by atoms with Crippen LogP contribution in [0.4, 0.5) is 0 Å². The van der Waals surface area contributed by atoms with Gasteiger partial charge in [0.1, 0.15) is 30.5 Å². The van der Waals surface area contributed by atoms with Gasteiger partial charge in [-0.1, -0.05) is 72.4 Å². The van der Waals surface area contributed by atoms with Gasteiger partial charge >= 0.3 is 0 Å². The highest BCUT2D eigenvalue weighted by Crippen LogP contribution is 2.12. The molecule has 0 fully saturated rings. The maximum atomic E-state index is 13.2. The Bertz CT molecular complexity index is 777. The van der Waals surface area contributed by atoms with E-state index in [1.807, 2.05) is 20.8 Å². The van der Waals surface area contributed by atoms with Gasteiger partial charge in [0, 0.05) is 10.7 Å². The Hall–Kier alpha value is -2.31. The van der Waals surface area contributed by atoms with Crippen molar-refractivity contribution in [2.45, 2.75) is 84.6 Å².